The summed E-state index contributed by atoms with van der Waals surface area (Å²) in [6.45, 7) is 5.18. The number of alkyl halides is 3. The van der Waals surface area contributed by atoms with Crippen LogP contribution >= 0.6 is 0 Å². The summed E-state index contributed by atoms with van der Waals surface area (Å²) in [5.41, 5.74) is 0.167. The fourth-order valence-electron chi connectivity index (χ4n) is 5.49. The largest absolute Gasteiger partial charge is 0.416 e. The molecule has 0 unspecified atom stereocenters. The Morgan fingerprint density at radius 3 is 2.46 bits per heavy atom. The second-order valence-corrected chi connectivity index (χ2v) is 12.4. The molecule has 39 heavy (non-hydrogen) atoms. The molecule has 210 valence electrons. The summed E-state index contributed by atoms with van der Waals surface area (Å²) in [4.78, 5) is 24.7. The van der Waals surface area contributed by atoms with Gasteiger partial charge in [0.15, 0.2) is 9.84 Å². The van der Waals surface area contributed by atoms with Crippen molar-refractivity contribution in [3.05, 3.63) is 47.5 Å². The average Bonchev–Trinajstić information content (AvgIpc) is 3.57. The number of carbonyl (C=O) groups is 1. The summed E-state index contributed by atoms with van der Waals surface area (Å²) >= 11 is 0. The highest BCUT2D eigenvalue weighted by Crippen LogP contribution is 2.34. The molecular formula is C27H32F3N5O3S. The maximum absolute atomic E-state index is 13.8. The zero-order chi connectivity index (χ0) is 27.8. The zero-order valence-corrected chi connectivity index (χ0v) is 22.5. The fourth-order valence-corrected chi connectivity index (χ4v) is 6.84. The van der Waals surface area contributed by atoms with E-state index in [1.54, 1.807) is 6.92 Å². The Labute approximate surface area is 225 Å². The first-order valence-corrected chi connectivity index (χ1v) is 14.9. The van der Waals surface area contributed by atoms with Gasteiger partial charge in [0.25, 0.3) is 5.91 Å². The van der Waals surface area contributed by atoms with Gasteiger partial charge in [-0.05, 0) is 81.6 Å². The summed E-state index contributed by atoms with van der Waals surface area (Å²) in [6.07, 6.45) is -0.0223. The number of likely N-dealkylation sites (tertiary alicyclic amines) is 1. The van der Waals surface area contributed by atoms with Crippen molar-refractivity contribution in [2.75, 3.05) is 42.1 Å². The lowest BCUT2D eigenvalue weighted by Crippen LogP contribution is -2.44. The van der Waals surface area contributed by atoms with Crippen LogP contribution in [0.15, 0.2) is 41.3 Å². The predicted molar refractivity (Wildman–Crippen MR) is 144 cm³/mol. The Kier molecular flexibility index (Phi) is 7.60. The molecule has 0 saturated carbocycles. The number of fused-ring (bicyclic) bond motifs is 1. The summed E-state index contributed by atoms with van der Waals surface area (Å²) in [7, 11) is -3.45. The van der Waals surface area contributed by atoms with Crippen molar-refractivity contribution >= 4 is 38.4 Å². The molecule has 0 spiro atoms. The topological polar surface area (TPSA) is 98.4 Å². The van der Waals surface area contributed by atoms with E-state index in [-0.39, 0.29) is 22.2 Å². The van der Waals surface area contributed by atoms with Gasteiger partial charge in [-0.1, -0.05) is 6.92 Å². The van der Waals surface area contributed by atoms with E-state index in [0.717, 1.165) is 38.1 Å². The SMILES string of the molecule is CCCS(=O)(=O)c1ccc2nc(NC(=O)c3cc(N4CCC(N5CCCC5)CC4)cc(C(F)(F)F)c3)[nH]c2c1. The molecule has 2 N–H and O–H groups in total. The molecule has 0 atom stereocenters. The number of nitrogens with zero attached hydrogens (tertiary/aromatic N) is 3. The maximum Gasteiger partial charge on any atom is 0.416 e. The van der Waals surface area contributed by atoms with Gasteiger partial charge >= 0.3 is 6.18 Å². The molecular weight excluding hydrogens is 531 g/mol. The monoisotopic (exact) mass is 563 g/mol. The molecule has 2 aromatic carbocycles. The van der Waals surface area contributed by atoms with E-state index in [1.165, 1.54) is 37.1 Å². The lowest BCUT2D eigenvalue weighted by atomic mass is 10.0. The molecule has 1 amide bonds. The number of piperidine rings is 1. The van der Waals surface area contributed by atoms with Crippen LogP contribution in [-0.4, -0.2) is 67.2 Å². The van der Waals surface area contributed by atoms with Crippen LogP contribution in [0.5, 0.6) is 0 Å². The first-order chi connectivity index (χ1) is 18.5. The van der Waals surface area contributed by atoms with Crippen LogP contribution in [0.25, 0.3) is 11.0 Å². The first-order valence-electron chi connectivity index (χ1n) is 13.3. The highest BCUT2D eigenvalue weighted by molar-refractivity contribution is 7.91. The number of aromatic nitrogens is 2. The average molecular weight is 564 g/mol. The minimum atomic E-state index is -4.61. The van der Waals surface area contributed by atoms with E-state index >= 15 is 0 Å². The van der Waals surface area contributed by atoms with Crippen molar-refractivity contribution < 1.29 is 26.4 Å². The second-order valence-electron chi connectivity index (χ2n) is 10.3. The normalized spacial score (nSPS) is 17.7. The van der Waals surface area contributed by atoms with E-state index in [1.807, 2.05) is 4.90 Å². The molecule has 12 heteroatoms. The lowest BCUT2D eigenvalue weighted by Gasteiger charge is -2.38. The van der Waals surface area contributed by atoms with Gasteiger partial charge in [-0.15, -0.1) is 0 Å². The third-order valence-corrected chi connectivity index (χ3v) is 9.43. The smallest absolute Gasteiger partial charge is 0.371 e. The number of H-pyrrole nitrogens is 1. The molecule has 2 fully saturated rings. The van der Waals surface area contributed by atoms with Crippen molar-refractivity contribution in [3.63, 3.8) is 0 Å². The molecule has 0 bridgehead atoms. The molecule has 3 aromatic rings. The highest BCUT2D eigenvalue weighted by atomic mass is 32.2. The molecule has 2 aliphatic rings. The molecule has 1 aromatic heterocycles. The van der Waals surface area contributed by atoms with E-state index < -0.39 is 27.5 Å². The Hall–Kier alpha value is -3.12. The van der Waals surface area contributed by atoms with E-state index in [9.17, 15) is 26.4 Å². The Morgan fingerprint density at radius 1 is 1.08 bits per heavy atom. The molecule has 0 aliphatic carbocycles. The minimum absolute atomic E-state index is 0.00401. The fraction of sp³-hybridized carbons (Fsp3) is 0.481. The molecule has 2 aliphatic heterocycles. The number of halogens is 3. The number of aromatic amines is 1. The minimum Gasteiger partial charge on any atom is -0.371 e. The van der Waals surface area contributed by atoms with Crippen LogP contribution in [0.1, 0.15) is 54.9 Å². The number of imidazole rings is 1. The Bertz CT molecular complexity index is 1460. The number of benzene rings is 2. The van der Waals surface area contributed by atoms with E-state index in [2.05, 4.69) is 20.2 Å². The van der Waals surface area contributed by atoms with Gasteiger partial charge in [-0.3, -0.25) is 10.1 Å². The summed E-state index contributed by atoms with van der Waals surface area (Å²) in [6, 6.07) is 8.29. The summed E-state index contributed by atoms with van der Waals surface area (Å²) < 4.78 is 66.1. The maximum atomic E-state index is 13.8. The quantitative estimate of drug-likeness (QED) is 0.416. The van der Waals surface area contributed by atoms with Gasteiger partial charge in [0, 0.05) is 30.4 Å². The van der Waals surface area contributed by atoms with Crippen LogP contribution in [0.2, 0.25) is 0 Å². The highest BCUT2D eigenvalue weighted by Gasteiger charge is 2.33. The number of hydrogen-bond donors (Lipinski definition) is 2. The molecule has 0 radical (unpaired) electrons. The van der Waals surface area contributed by atoms with Crippen LogP contribution in [0.3, 0.4) is 0 Å². The lowest BCUT2D eigenvalue weighted by molar-refractivity contribution is -0.137. The number of hydrogen-bond acceptors (Lipinski definition) is 6. The van der Waals surface area contributed by atoms with Crippen molar-refractivity contribution in [3.8, 4) is 0 Å². The third kappa shape index (κ3) is 6.06. The predicted octanol–water partition coefficient (Wildman–Crippen LogP) is 5.08. The molecule has 3 heterocycles. The van der Waals surface area contributed by atoms with Gasteiger partial charge in [0.2, 0.25) is 5.95 Å². The number of rotatable bonds is 7. The van der Waals surface area contributed by atoms with E-state index in [0.29, 0.717) is 42.3 Å². The summed E-state index contributed by atoms with van der Waals surface area (Å²) in [5.74, 6) is -0.720. The van der Waals surface area contributed by atoms with Gasteiger partial charge in [0.1, 0.15) is 0 Å². The van der Waals surface area contributed by atoms with Crippen molar-refractivity contribution in [2.24, 2.45) is 0 Å². The number of sulfone groups is 1. The standard InChI is InChI=1S/C27H32F3N5O3S/c1-2-13-39(37,38)22-5-6-23-24(17-22)32-26(31-23)33-25(36)18-14-19(27(28,29)30)16-21(15-18)35-11-7-20(8-12-35)34-9-3-4-10-34/h5-6,14-17,20H,2-4,7-13H2,1H3,(H2,31,32,33,36). The Balaban J connectivity index is 1.36. The van der Waals surface area contributed by atoms with Gasteiger partial charge in [-0.25, -0.2) is 13.4 Å². The number of anilines is 2. The van der Waals surface area contributed by atoms with Gasteiger partial charge < -0.3 is 14.8 Å². The molecule has 8 nitrogen and oxygen atoms in total. The van der Waals surface area contributed by atoms with Gasteiger partial charge in [-0.2, -0.15) is 13.2 Å². The second kappa shape index (κ2) is 10.8. The molecule has 5 rings (SSSR count). The van der Waals surface area contributed by atoms with E-state index in [4.69, 9.17) is 0 Å². The number of amides is 1. The van der Waals surface area contributed by atoms with Crippen LogP contribution in [0, 0.1) is 0 Å². The van der Waals surface area contributed by atoms with Crippen LogP contribution in [0.4, 0.5) is 24.8 Å². The van der Waals surface area contributed by atoms with Crippen LogP contribution in [-0.2, 0) is 16.0 Å². The Morgan fingerprint density at radius 2 is 1.79 bits per heavy atom. The first kappa shape index (κ1) is 27.4. The number of carbonyl (C=O) groups excluding carboxylic acids is 1. The van der Waals surface area contributed by atoms with Crippen molar-refractivity contribution in [1.29, 1.82) is 0 Å². The third-order valence-electron chi connectivity index (χ3n) is 7.51. The number of nitrogens with one attached hydrogen (secondary N) is 2. The van der Waals surface area contributed by atoms with Crippen molar-refractivity contribution in [2.45, 2.75) is 56.1 Å². The zero-order valence-electron chi connectivity index (χ0n) is 21.7. The van der Waals surface area contributed by atoms with Gasteiger partial charge in [0.05, 0.1) is 27.2 Å². The summed E-state index contributed by atoms with van der Waals surface area (Å²) in [5, 5.41) is 2.54. The molecule has 2 saturated heterocycles. The van der Waals surface area contributed by atoms with Crippen LogP contribution < -0.4 is 10.2 Å². The van der Waals surface area contributed by atoms with Crippen molar-refractivity contribution in [1.82, 2.24) is 14.9 Å².